The molecular weight excluding hydrogens is 327 g/mol. The summed E-state index contributed by atoms with van der Waals surface area (Å²) in [6.45, 7) is 0. The van der Waals surface area contributed by atoms with E-state index in [0.717, 1.165) is 0 Å². The molecule has 0 aromatic heterocycles. The minimum atomic E-state index is 1.39. The number of benzene rings is 1. The average Bonchev–Trinajstić information content (AvgIpc) is 1.77. The Bertz CT molecular complexity index is 145. The molecule has 42 valence electrons. The fraction of sp³-hybridized carbons (Fsp3) is 0. The molecule has 0 aliphatic rings. The van der Waals surface area contributed by atoms with Gasteiger partial charge in [0.15, 0.2) is 0 Å². The van der Waals surface area contributed by atoms with Crippen molar-refractivity contribution in [3.8, 4) is 0 Å². The molecule has 0 spiro atoms. The first-order valence-electron chi connectivity index (χ1n) is 2.27. The summed E-state index contributed by atoms with van der Waals surface area (Å²) in [6.07, 6.45) is 0. The van der Waals surface area contributed by atoms with Crippen molar-refractivity contribution in [1.82, 2.24) is 0 Å². The van der Waals surface area contributed by atoms with Crippen molar-refractivity contribution in [2.24, 2.45) is 0 Å². The van der Waals surface area contributed by atoms with Gasteiger partial charge >= 0.3 is 76.1 Å². The fourth-order valence-electron chi connectivity index (χ4n) is 0.453. The maximum atomic E-state index is 2.16. The first kappa shape index (κ1) is 6.91. The van der Waals surface area contributed by atoms with Crippen LogP contribution in [-0.2, 0) is 0 Å². The Labute approximate surface area is 75.5 Å². The molecule has 0 radical (unpaired) electrons. The molecule has 0 unspecified atom stereocenters. The van der Waals surface area contributed by atoms with E-state index >= 15 is 0 Å². The van der Waals surface area contributed by atoms with Crippen molar-refractivity contribution in [2.75, 3.05) is 0 Å². The van der Waals surface area contributed by atoms with Gasteiger partial charge in [0.2, 0.25) is 0 Å². The van der Waals surface area contributed by atoms with Gasteiger partial charge in [0.25, 0.3) is 0 Å². The maximum absolute atomic E-state index is 2.16. The molecular formula is C6H6Te2. The van der Waals surface area contributed by atoms with Gasteiger partial charge in [-0.2, -0.15) is 0 Å². The summed E-state index contributed by atoms with van der Waals surface area (Å²) in [4.78, 5) is 0. The summed E-state index contributed by atoms with van der Waals surface area (Å²) in [5.74, 6) is 0. The first-order chi connectivity index (χ1) is 3.79. The Kier molecular flexibility index (Phi) is 2.67. The van der Waals surface area contributed by atoms with E-state index in [9.17, 15) is 0 Å². The topological polar surface area (TPSA) is 0 Å². The molecule has 0 aliphatic heterocycles. The summed E-state index contributed by atoms with van der Waals surface area (Å²) in [6, 6.07) is 8.62. The summed E-state index contributed by atoms with van der Waals surface area (Å²) in [5.41, 5.74) is 0. The van der Waals surface area contributed by atoms with Crippen molar-refractivity contribution in [1.29, 1.82) is 0 Å². The van der Waals surface area contributed by atoms with Crippen molar-refractivity contribution in [3.63, 3.8) is 0 Å². The molecule has 1 aromatic carbocycles. The Morgan fingerprint density at radius 3 is 1.25 bits per heavy atom. The third-order valence-electron chi connectivity index (χ3n) is 0.850. The van der Waals surface area contributed by atoms with Crippen LogP contribution in [0.15, 0.2) is 24.3 Å². The van der Waals surface area contributed by atoms with Crippen molar-refractivity contribution in [3.05, 3.63) is 24.3 Å². The molecule has 0 heterocycles. The number of rotatable bonds is 0. The molecule has 0 N–H and O–H groups in total. The Balaban J connectivity index is 3.03. The third-order valence-corrected chi connectivity index (χ3v) is 2.55. The van der Waals surface area contributed by atoms with Crippen LogP contribution in [0.25, 0.3) is 0 Å². The van der Waals surface area contributed by atoms with Crippen LogP contribution in [0.2, 0.25) is 0 Å². The molecule has 0 bridgehead atoms. The molecule has 2 heteroatoms. The van der Waals surface area contributed by atoms with Crippen LogP contribution in [-0.4, -0.2) is 44.6 Å². The second-order valence-corrected chi connectivity index (χ2v) is 4.46. The predicted molar refractivity (Wildman–Crippen MR) is 40.0 cm³/mol. The van der Waals surface area contributed by atoms with Gasteiger partial charge < -0.3 is 0 Å². The van der Waals surface area contributed by atoms with Gasteiger partial charge in [-0.05, 0) is 0 Å². The van der Waals surface area contributed by atoms with E-state index in [0.29, 0.717) is 0 Å². The summed E-state index contributed by atoms with van der Waals surface area (Å²) in [7, 11) is 0. The summed E-state index contributed by atoms with van der Waals surface area (Å²) in [5, 5.41) is 0. The van der Waals surface area contributed by atoms with Crippen LogP contribution in [0.4, 0.5) is 0 Å². The predicted octanol–water partition coefficient (Wildman–Crippen LogP) is -1.26. The SMILES string of the molecule is [TeH]c1ccc([TeH])cc1. The zero-order valence-electron chi connectivity index (χ0n) is 4.20. The first-order valence-corrected chi connectivity index (χ1v) is 4.82. The monoisotopic (exact) mass is 338 g/mol. The zero-order chi connectivity index (χ0) is 5.98. The van der Waals surface area contributed by atoms with Crippen LogP contribution in [0.1, 0.15) is 0 Å². The molecule has 1 rings (SSSR count). The van der Waals surface area contributed by atoms with Crippen molar-refractivity contribution in [2.45, 2.75) is 0 Å². The van der Waals surface area contributed by atoms with Crippen molar-refractivity contribution >= 4 is 51.8 Å². The van der Waals surface area contributed by atoms with E-state index in [4.69, 9.17) is 0 Å². The van der Waals surface area contributed by atoms with E-state index in [1.54, 1.807) is 44.6 Å². The van der Waals surface area contributed by atoms with E-state index in [-0.39, 0.29) is 0 Å². The standard InChI is InChI=1S/C6H6Te2/c7-5-1-2-6(8)4-3-5/h1-4,7-8H. The molecule has 1 aromatic rings. The zero-order valence-corrected chi connectivity index (χ0v) is 9.31. The minimum absolute atomic E-state index is 1.39. The van der Waals surface area contributed by atoms with E-state index in [2.05, 4.69) is 24.3 Å². The van der Waals surface area contributed by atoms with Gasteiger partial charge in [-0.25, -0.2) is 0 Å². The number of hydrogen-bond donors (Lipinski definition) is 0. The Morgan fingerprint density at radius 2 is 1.00 bits per heavy atom. The van der Waals surface area contributed by atoms with Crippen molar-refractivity contribution < 1.29 is 0 Å². The molecule has 0 saturated heterocycles. The molecule has 0 aliphatic carbocycles. The molecule has 0 fully saturated rings. The van der Waals surface area contributed by atoms with Gasteiger partial charge in [0, 0.05) is 0 Å². The summed E-state index contributed by atoms with van der Waals surface area (Å²) < 4.78 is 2.77. The van der Waals surface area contributed by atoms with Crippen LogP contribution in [0.5, 0.6) is 0 Å². The molecule has 0 atom stereocenters. The summed E-state index contributed by atoms with van der Waals surface area (Å²) >= 11 is 3.54. The average molecular weight is 333 g/mol. The van der Waals surface area contributed by atoms with E-state index in [1.165, 1.54) is 7.22 Å². The van der Waals surface area contributed by atoms with Crippen LogP contribution < -0.4 is 7.22 Å². The second kappa shape index (κ2) is 3.09. The number of hydrogen-bond acceptors (Lipinski definition) is 0. The van der Waals surface area contributed by atoms with E-state index in [1.807, 2.05) is 0 Å². The van der Waals surface area contributed by atoms with Gasteiger partial charge in [-0.3, -0.25) is 0 Å². The van der Waals surface area contributed by atoms with Gasteiger partial charge in [-0.1, -0.05) is 0 Å². The van der Waals surface area contributed by atoms with Crippen LogP contribution in [0, 0.1) is 0 Å². The van der Waals surface area contributed by atoms with Gasteiger partial charge in [0.05, 0.1) is 0 Å². The third kappa shape index (κ3) is 1.96. The Morgan fingerprint density at radius 1 is 0.750 bits per heavy atom. The molecule has 0 saturated carbocycles. The van der Waals surface area contributed by atoms with E-state index < -0.39 is 0 Å². The molecule has 0 nitrogen and oxygen atoms in total. The van der Waals surface area contributed by atoms with Gasteiger partial charge in [0.1, 0.15) is 0 Å². The van der Waals surface area contributed by atoms with Gasteiger partial charge in [-0.15, -0.1) is 0 Å². The van der Waals surface area contributed by atoms with Crippen LogP contribution >= 0.6 is 0 Å². The second-order valence-electron chi connectivity index (χ2n) is 1.52. The molecule has 8 heavy (non-hydrogen) atoms. The fourth-order valence-corrected chi connectivity index (χ4v) is 1.30. The normalized spacial score (nSPS) is 9.25. The molecule has 0 amide bonds. The quantitative estimate of drug-likeness (QED) is 0.520. The van der Waals surface area contributed by atoms with Crippen LogP contribution in [0.3, 0.4) is 0 Å². The Hall–Kier alpha value is 0.799.